The molecule has 1 amide bonds. The maximum absolute atomic E-state index is 11.1. The van der Waals surface area contributed by atoms with E-state index < -0.39 is 0 Å². The van der Waals surface area contributed by atoms with Gasteiger partial charge in [-0.2, -0.15) is 0 Å². The molecule has 0 aliphatic heterocycles. The number of hydrogen-bond acceptors (Lipinski definition) is 3. The summed E-state index contributed by atoms with van der Waals surface area (Å²) in [6.07, 6.45) is 4.05. The van der Waals surface area contributed by atoms with Crippen molar-refractivity contribution in [3.05, 3.63) is 0 Å². The summed E-state index contributed by atoms with van der Waals surface area (Å²) in [6.45, 7) is 0. The second-order valence-electron chi connectivity index (χ2n) is 3.06. The molecule has 2 atom stereocenters. The second-order valence-corrected chi connectivity index (χ2v) is 3.06. The normalized spacial score (nSPS) is 31.5. The van der Waals surface area contributed by atoms with Crippen molar-refractivity contribution in [3.8, 4) is 0 Å². The predicted molar refractivity (Wildman–Crippen MR) is 42.3 cm³/mol. The highest BCUT2D eigenvalue weighted by atomic mass is 16.2. The molecule has 1 saturated carbocycles. The van der Waals surface area contributed by atoms with E-state index in [9.17, 15) is 4.79 Å². The third-order valence-corrected chi connectivity index (χ3v) is 2.30. The van der Waals surface area contributed by atoms with Crippen molar-refractivity contribution < 1.29 is 4.79 Å². The number of carbonyl (C=O) groups excluding carboxylic acids is 1. The van der Waals surface area contributed by atoms with Crippen LogP contribution >= 0.6 is 0 Å². The van der Waals surface area contributed by atoms with E-state index in [1.807, 2.05) is 0 Å². The fourth-order valence-electron chi connectivity index (χ4n) is 1.59. The molecule has 64 valence electrons. The first kappa shape index (κ1) is 8.49. The van der Waals surface area contributed by atoms with Crippen LogP contribution in [0.5, 0.6) is 0 Å². The number of rotatable bonds is 1. The molecule has 5 N–H and O–H groups in total. The van der Waals surface area contributed by atoms with Crippen LogP contribution < -0.4 is 17.0 Å². The van der Waals surface area contributed by atoms with Crippen molar-refractivity contribution in [3.63, 3.8) is 0 Å². The van der Waals surface area contributed by atoms with Crippen LogP contribution in [0.3, 0.4) is 0 Å². The summed E-state index contributed by atoms with van der Waals surface area (Å²) in [6, 6.07) is 0.00676. The van der Waals surface area contributed by atoms with Gasteiger partial charge in [0.15, 0.2) is 0 Å². The Balaban J connectivity index is 2.47. The lowest BCUT2D eigenvalue weighted by atomic mass is 9.85. The molecule has 0 heterocycles. The Hall–Kier alpha value is -0.610. The van der Waals surface area contributed by atoms with Crippen molar-refractivity contribution in [2.24, 2.45) is 17.5 Å². The highest BCUT2D eigenvalue weighted by Gasteiger charge is 2.27. The Morgan fingerprint density at radius 3 is 2.55 bits per heavy atom. The van der Waals surface area contributed by atoms with Gasteiger partial charge in [0, 0.05) is 6.04 Å². The maximum atomic E-state index is 11.1. The summed E-state index contributed by atoms with van der Waals surface area (Å²) in [5.41, 5.74) is 7.89. The van der Waals surface area contributed by atoms with Crippen molar-refractivity contribution in [1.82, 2.24) is 5.43 Å². The van der Waals surface area contributed by atoms with Crippen LogP contribution in [0, 0.1) is 5.92 Å². The van der Waals surface area contributed by atoms with Gasteiger partial charge >= 0.3 is 0 Å². The summed E-state index contributed by atoms with van der Waals surface area (Å²) in [4.78, 5) is 11.1. The van der Waals surface area contributed by atoms with Gasteiger partial charge in [0.1, 0.15) is 0 Å². The Labute approximate surface area is 66.3 Å². The van der Waals surface area contributed by atoms with Gasteiger partial charge in [-0.25, -0.2) is 5.84 Å². The lowest BCUT2D eigenvalue weighted by Gasteiger charge is -2.26. The number of nitrogens with two attached hydrogens (primary N) is 2. The van der Waals surface area contributed by atoms with Crippen LogP contribution in [0.4, 0.5) is 0 Å². The zero-order valence-electron chi connectivity index (χ0n) is 6.55. The molecule has 0 bridgehead atoms. The molecule has 0 saturated heterocycles. The van der Waals surface area contributed by atoms with E-state index in [2.05, 4.69) is 5.43 Å². The van der Waals surface area contributed by atoms with Gasteiger partial charge < -0.3 is 5.73 Å². The first-order chi connectivity index (χ1) is 5.25. The summed E-state index contributed by atoms with van der Waals surface area (Å²) < 4.78 is 0. The molecule has 0 aromatic rings. The molecule has 0 unspecified atom stereocenters. The van der Waals surface area contributed by atoms with E-state index in [0.717, 1.165) is 25.7 Å². The number of carbonyl (C=O) groups is 1. The molecule has 1 aliphatic rings. The molecule has 4 nitrogen and oxygen atoms in total. The number of amides is 1. The quantitative estimate of drug-likeness (QED) is 0.272. The minimum atomic E-state index is -0.114. The SMILES string of the molecule is NNC(=O)[C@H]1CCCC[C@@H]1N. The van der Waals surface area contributed by atoms with Gasteiger partial charge in [-0.15, -0.1) is 0 Å². The Morgan fingerprint density at radius 2 is 2.00 bits per heavy atom. The van der Waals surface area contributed by atoms with E-state index in [4.69, 9.17) is 11.6 Å². The summed E-state index contributed by atoms with van der Waals surface area (Å²) in [5.74, 6) is 4.83. The van der Waals surface area contributed by atoms with E-state index >= 15 is 0 Å². The molecule has 0 spiro atoms. The van der Waals surface area contributed by atoms with Gasteiger partial charge in [0.05, 0.1) is 5.92 Å². The Kier molecular flexibility index (Phi) is 2.84. The lowest BCUT2D eigenvalue weighted by molar-refractivity contribution is -0.126. The van der Waals surface area contributed by atoms with Crippen LogP contribution in [0.1, 0.15) is 25.7 Å². The zero-order valence-corrected chi connectivity index (χ0v) is 6.55. The average molecular weight is 157 g/mol. The lowest BCUT2D eigenvalue weighted by Crippen LogP contribution is -2.45. The van der Waals surface area contributed by atoms with Crippen LogP contribution in [0.2, 0.25) is 0 Å². The van der Waals surface area contributed by atoms with Crippen molar-refractivity contribution in [2.45, 2.75) is 31.7 Å². The predicted octanol–water partition coefficient (Wildman–Crippen LogP) is -0.506. The molecule has 1 fully saturated rings. The van der Waals surface area contributed by atoms with Crippen LogP contribution in [0.15, 0.2) is 0 Å². The fraction of sp³-hybridized carbons (Fsp3) is 0.857. The highest BCUT2D eigenvalue weighted by Crippen LogP contribution is 2.22. The molecule has 0 aromatic carbocycles. The number of hydrazine groups is 1. The number of nitrogens with one attached hydrogen (secondary N) is 1. The zero-order chi connectivity index (χ0) is 8.27. The monoisotopic (exact) mass is 157 g/mol. The van der Waals surface area contributed by atoms with Crippen molar-refractivity contribution in [2.75, 3.05) is 0 Å². The average Bonchev–Trinajstić information content (AvgIpc) is 2.04. The fourth-order valence-corrected chi connectivity index (χ4v) is 1.59. The number of hydrogen-bond donors (Lipinski definition) is 3. The first-order valence-electron chi connectivity index (χ1n) is 4.01. The largest absolute Gasteiger partial charge is 0.327 e. The maximum Gasteiger partial charge on any atom is 0.238 e. The van der Waals surface area contributed by atoms with Gasteiger partial charge in [0.25, 0.3) is 0 Å². The van der Waals surface area contributed by atoms with Crippen LogP contribution in [-0.2, 0) is 4.79 Å². The topological polar surface area (TPSA) is 81.1 Å². The molecule has 1 aliphatic carbocycles. The van der Waals surface area contributed by atoms with Gasteiger partial charge in [0.2, 0.25) is 5.91 Å². The van der Waals surface area contributed by atoms with Crippen molar-refractivity contribution in [1.29, 1.82) is 0 Å². The first-order valence-corrected chi connectivity index (χ1v) is 4.01. The third kappa shape index (κ3) is 1.91. The van der Waals surface area contributed by atoms with Gasteiger partial charge in [-0.1, -0.05) is 12.8 Å². The van der Waals surface area contributed by atoms with Crippen LogP contribution in [-0.4, -0.2) is 11.9 Å². The van der Waals surface area contributed by atoms with Crippen LogP contribution in [0.25, 0.3) is 0 Å². The van der Waals surface area contributed by atoms with Gasteiger partial charge in [-0.3, -0.25) is 10.2 Å². The molecular weight excluding hydrogens is 142 g/mol. The van der Waals surface area contributed by atoms with Crippen molar-refractivity contribution >= 4 is 5.91 Å². The third-order valence-electron chi connectivity index (χ3n) is 2.30. The summed E-state index contributed by atoms with van der Waals surface area (Å²) in [5, 5.41) is 0. The molecule has 0 radical (unpaired) electrons. The van der Waals surface area contributed by atoms with Gasteiger partial charge in [-0.05, 0) is 12.8 Å². The minimum Gasteiger partial charge on any atom is -0.327 e. The molecule has 11 heavy (non-hydrogen) atoms. The molecular formula is C7H15N3O. The standard InChI is InChI=1S/C7H15N3O/c8-6-4-2-1-3-5(6)7(11)10-9/h5-6H,1-4,8-9H2,(H,10,11)/t5-,6-/m0/s1. The Bertz CT molecular complexity index is 149. The highest BCUT2D eigenvalue weighted by molar-refractivity contribution is 5.78. The minimum absolute atomic E-state index is 0.00676. The molecule has 0 aromatic heterocycles. The summed E-state index contributed by atoms with van der Waals surface area (Å²) in [7, 11) is 0. The second kappa shape index (κ2) is 3.69. The van der Waals surface area contributed by atoms with E-state index in [-0.39, 0.29) is 17.9 Å². The summed E-state index contributed by atoms with van der Waals surface area (Å²) >= 11 is 0. The molecule has 1 rings (SSSR count). The van der Waals surface area contributed by atoms with E-state index in [0.29, 0.717) is 0 Å². The Morgan fingerprint density at radius 1 is 1.36 bits per heavy atom. The smallest absolute Gasteiger partial charge is 0.238 e. The van der Waals surface area contributed by atoms with E-state index in [1.165, 1.54) is 0 Å². The van der Waals surface area contributed by atoms with E-state index in [1.54, 1.807) is 0 Å². The molecule has 4 heteroatoms.